The third kappa shape index (κ3) is 2.67. The Labute approximate surface area is 123 Å². The van der Waals surface area contributed by atoms with Gasteiger partial charge in [-0.25, -0.2) is 0 Å². The molecule has 4 heteroatoms. The molecule has 2 saturated heterocycles. The Morgan fingerprint density at radius 2 is 2.00 bits per heavy atom. The lowest BCUT2D eigenvalue weighted by molar-refractivity contribution is 0.119. The van der Waals surface area contributed by atoms with E-state index in [1.807, 2.05) is 6.07 Å². The molecule has 104 valence electrons. The Morgan fingerprint density at radius 1 is 1.32 bits per heavy atom. The van der Waals surface area contributed by atoms with Crippen molar-refractivity contribution in [1.82, 2.24) is 4.90 Å². The van der Waals surface area contributed by atoms with Crippen molar-refractivity contribution in [2.24, 2.45) is 5.73 Å². The standard InChI is InChI=1S/C15H21BrN2O/c1-19-14-4-5-15(16)10(6-14)9-18-12-2-3-13(18)8-11(17)7-12/h4-6,11-13H,2-3,7-9,17H2,1H3. The number of benzene rings is 1. The molecule has 2 heterocycles. The summed E-state index contributed by atoms with van der Waals surface area (Å²) in [5, 5.41) is 0. The van der Waals surface area contributed by atoms with E-state index in [-0.39, 0.29) is 0 Å². The van der Waals surface area contributed by atoms with Gasteiger partial charge < -0.3 is 10.5 Å². The Hall–Kier alpha value is -0.580. The minimum absolute atomic E-state index is 0.405. The molecule has 19 heavy (non-hydrogen) atoms. The third-order valence-electron chi connectivity index (χ3n) is 4.53. The summed E-state index contributed by atoms with van der Waals surface area (Å²) in [6.45, 7) is 1.000. The number of nitrogens with two attached hydrogens (primary N) is 1. The summed E-state index contributed by atoms with van der Waals surface area (Å²) >= 11 is 3.65. The predicted molar refractivity (Wildman–Crippen MR) is 80.3 cm³/mol. The monoisotopic (exact) mass is 324 g/mol. The van der Waals surface area contributed by atoms with Gasteiger partial charge in [-0.05, 0) is 49.4 Å². The van der Waals surface area contributed by atoms with Crippen molar-refractivity contribution in [2.45, 2.75) is 50.4 Å². The van der Waals surface area contributed by atoms with E-state index >= 15 is 0 Å². The fourth-order valence-corrected chi connectivity index (χ4v) is 3.94. The lowest BCUT2D eigenvalue weighted by Gasteiger charge is -2.37. The van der Waals surface area contributed by atoms with Crippen molar-refractivity contribution in [3.63, 3.8) is 0 Å². The van der Waals surface area contributed by atoms with Crippen LogP contribution in [-0.4, -0.2) is 30.1 Å². The van der Waals surface area contributed by atoms with Gasteiger partial charge in [0, 0.05) is 29.1 Å². The van der Waals surface area contributed by atoms with Gasteiger partial charge in [-0.1, -0.05) is 15.9 Å². The molecule has 3 rings (SSSR count). The van der Waals surface area contributed by atoms with E-state index in [4.69, 9.17) is 10.5 Å². The molecule has 2 atom stereocenters. The van der Waals surface area contributed by atoms with Crippen molar-refractivity contribution in [1.29, 1.82) is 0 Å². The molecule has 0 aliphatic carbocycles. The van der Waals surface area contributed by atoms with Crippen LogP contribution in [0.5, 0.6) is 5.75 Å². The Bertz CT molecular complexity index is 451. The van der Waals surface area contributed by atoms with Crippen LogP contribution in [0.2, 0.25) is 0 Å². The Morgan fingerprint density at radius 3 is 2.63 bits per heavy atom. The van der Waals surface area contributed by atoms with E-state index < -0.39 is 0 Å². The molecular formula is C15H21BrN2O. The summed E-state index contributed by atoms with van der Waals surface area (Å²) < 4.78 is 6.50. The molecule has 2 N–H and O–H groups in total. The summed E-state index contributed by atoms with van der Waals surface area (Å²) in [7, 11) is 1.72. The van der Waals surface area contributed by atoms with Gasteiger partial charge in [0.1, 0.15) is 5.75 Å². The molecule has 3 nitrogen and oxygen atoms in total. The van der Waals surface area contributed by atoms with Crippen LogP contribution in [0.1, 0.15) is 31.2 Å². The predicted octanol–water partition coefficient (Wildman–Crippen LogP) is 2.91. The Kier molecular flexibility index (Phi) is 3.83. The van der Waals surface area contributed by atoms with Gasteiger partial charge >= 0.3 is 0 Å². The van der Waals surface area contributed by atoms with Crippen molar-refractivity contribution in [3.05, 3.63) is 28.2 Å². The largest absolute Gasteiger partial charge is 0.497 e. The van der Waals surface area contributed by atoms with Crippen LogP contribution in [0.3, 0.4) is 0 Å². The van der Waals surface area contributed by atoms with Crippen LogP contribution < -0.4 is 10.5 Å². The van der Waals surface area contributed by atoms with E-state index in [1.165, 1.54) is 22.9 Å². The average molecular weight is 325 g/mol. The molecule has 2 aliphatic rings. The zero-order valence-corrected chi connectivity index (χ0v) is 12.9. The molecule has 2 bridgehead atoms. The van der Waals surface area contributed by atoms with Gasteiger partial charge in [0.15, 0.2) is 0 Å². The molecule has 2 aliphatic heterocycles. The first-order valence-electron chi connectivity index (χ1n) is 7.01. The number of hydrogen-bond acceptors (Lipinski definition) is 3. The molecule has 0 aromatic heterocycles. The molecular weight excluding hydrogens is 304 g/mol. The van der Waals surface area contributed by atoms with Crippen LogP contribution in [-0.2, 0) is 6.54 Å². The lowest BCUT2D eigenvalue weighted by atomic mass is 9.97. The van der Waals surface area contributed by atoms with Crippen molar-refractivity contribution >= 4 is 15.9 Å². The average Bonchev–Trinajstić information content (AvgIpc) is 2.64. The number of hydrogen-bond donors (Lipinski definition) is 1. The second kappa shape index (κ2) is 5.43. The van der Waals surface area contributed by atoms with Crippen LogP contribution >= 0.6 is 15.9 Å². The normalized spacial score (nSPS) is 30.6. The minimum Gasteiger partial charge on any atom is -0.497 e. The van der Waals surface area contributed by atoms with Gasteiger partial charge in [0.25, 0.3) is 0 Å². The van der Waals surface area contributed by atoms with Gasteiger partial charge in [0.2, 0.25) is 0 Å². The van der Waals surface area contributed by atoms with E-state index in [0.717, 1.165) is 25.1 Å². The maximum atomic E-state index is 6.13. The summed E-state index contributed by atoms with van der Waals surface area (Å²) in [5.74, 6) is 0.930. The molecule has 0 radical (unpaired) electrons. The number of fused-ring (bicyclic) bond motifs is 2. The lowest BCUT2D eigenvalue weighted by Crippen LogP contribution is -2.46. The molecule has 1 aromatic carbocycles. The summed E-state index contributed by atoms with van der Waals surface area (Å²) in [4.78, 5) is 2.64. The van der Waals surface area contributed by atoms with E-state index in [1.54, 1.807) is 7.11 Å². The fraction of sp³-hybridized carbons (Fsp3) is 0.600. The molecule has 0 saturated carbocycles. The van der Waals surface area contributed by atoms with Crippen molar-refractivity contribution in [2.75, 3.05) is 7.11 Å². The number of ether oxygens (including phenoxy) is 1. The number of nitrogens with zero attached hydrogens (tertiary/aromatic N) is 1. The van der Waals surface area contributed by atoms with Gasteiger partial charge in [0.05, 0.1) is 7.11 Å². The Balaban J connectivity index is 1.78. The molecule has 2 fully saturated rings. The zero-order chi connectivity index (χ0) is 13.4. The summed E-state index contributed by atoms with van der Waals surface area (Å²) in [6, 6.07) is 7.96. The third-order valence-corrected chi connectivity index (χ3v) is 5.30. The zero-order valence-electron chi connectivity index (χ0n) is 11.3. The second-order valence-electron chi connectivity index (χ2n) is 5.75. The molecule has 1 aromatic rings. The first-order valence-corrected chi connectivity index (χ1v) is 7.80. The summed E-state index contributed by atoms with van der Waals surface area (Å²) in [5.41, 5.74) is 7.44. The topological polar surface area (TPSA) is 38.5 Å². The maximum absolute atomic E-state index is 6.13. The SMILES string of the molecule is COc1ccc(Br)c(CN2C3CCC2CC(N)C3)c1. The molecule has 2 unspecified atom stereocenters. The van der Waals surface area contributed by atoms with Crippen LogP contribution in [0, 0.1) is 0 Å². The molecule has 0 amide bonds. The highest BCUT2D eigenvalue weighted by Crippen LogP contribution is 2.37. The van der Waals surface area contributed by atoms with E-state index in [2.05, 4.69) is 33.0 Å². The van der Waals surface area contributed by atoms with Gasteiger partial charge in [-0.15, -0.1) is 0 Å². The van der Waals surface area contributed by atoms with Crippen LogP contribution in [0.4, 0.5) is 0 Å². The minimum atomic E-state index is 0.405. The maximum Gasteiger partial charge on any atom is 0.119 e. The van der Waals surface area contributed by atoms with Crippen LogP contribution in [0.15, 0.2) is 22.7 Å². The number of piperidine rings is 1. The van der Waals surface area contributed by atoms with E-state index in [0.29, 0.717) is 18.1 Å². The van der Waals surface area contributed by atoms with Gasteiger partial charge in [-0.3, -0.25) is 4.90 Å². The number of halogens is 1. The first-order chi connectivity index (χ1) is 9.17. The number of methoxy groups -OCH3 is 1. The highest BCUT2D eigenvalue weighted by Gasteiger charge is 2.39. The van der Waals surface area contributed by atoms with Crippen molar-refractivity contribution < 1.29 is 4.74 Å². The fourth-order valence-electron chi connectivity index (χ4n) is 3.57. The molecule has 0 spiro atoms. The summed E-state index contributed by atoms with van der Waals surface area (Å²) in [6.07, 6.45) is 4.91. The van der Waals surface area contributed by atoms with E-state index in [9.17, 15) is 0 Å². The highest BCUT2D eigenvalue weighted by atomic mass is 79.9. The highest BCUT2D eigenvalue weighted by molar-refractivity contribution is 9.10. The first kappa shape index (κ1) is 13.4. The van der Waals surface area contributed by atoms with Gasteiger partial charge in [-0.2, -0.15) is 0 Å². The second-order valence-corrected chi connectivity index (χ2v) is 6.60. The quantitative estimate of drug-likeness (QED) is 0.929. The number of rotatable bonds is 3. The smallest absolute Gasteiger partial charge is 0.119 e. The van der Waals surface area contributed by atoms with Crippen LogP contribution in [0.25, 0.3) is 0 Å². The van der Waals surface area contributed by atoms with Crippen molar-refractivity contribution in [3.8, 4) is 5.75 Å².